The van der Waals surface area contributed by atoms with Crippen LogP contribution < -0.4 is 5.73 Å². The van der Waals surface area contributed by atoms with Crippen molar-refractivity contribution in [3.63, 3.8) is 0 Å². The van der Waals surface area contributed by atoms with E-state index in [4.69, 9.17) is 15.9 Å². The van der Waals surface area contributed by atoms with Gasteiger partial charge in [0.1, 0.15) is 6.04 Å². The van der Waals surface area contributed by atoms with Crippen LogP contribution in [-0.2, 0) is 9.59 Å². The second kappa shape index (κ2) is 5.42. The van der Waals surface area contributed by atoms with Gasteiger partial charge in [-0.25, -0.2) is 4.79 Å². The Hall–Kier alpha value is -1.23. The molecule has 6 heteroatoms. The molecule has 0 aromatic heterocycles. The first-order valence-corrected chi connectivity index (χ1v) is 3.85. The number of carboxylic acids is 2. The zero-order valence-electron chi connectivity index (χ0n) is 6.69. The molecule has 0 rings (SSSR count). The van der Waals surface area contributed by atoms with E-state index in [1.54, 1.807) is 0 Å². The highest BCUT2D eigenvalue weighted by Crippen LogP contribution is 2.04. The van der Waals surface area contributed by atoms with Crippen molar-refractivity contribution in [3.8, 4) is 0 Å². The van der Waals surface area contributed by atoms with Crippen LogP contribution in [0.2, 0.25) is 0 Å². The molecule has 72 valence electrons. The summed E-state index contributed by atoms with van der Waals surface area (Å²) in [6.45, 7) is 0. The van der Waals surface area contributed by atoms with Gasteiger partial charge in [0, 0.05) is 0 Å². The van der Waals surface area contributed by atoms with Crippen LogP contribution in [0, 0.1) is 0 Å². The molecule has 0 radical (unpaired) electrons. The number of thiocarbonyl (C=S) groups is 1. The molecule has 0 amide bonds. The van der Waals surface area contributed by atoms with E-state index in [0.29, 0.717) is 0 Å². The van der Waals surface area contributed by atoms with Crippen molar-refractivity contribution in [2.24, 2.45) is 5.73 Å². The third-order valence-corrected chi connectivity index (χ3v) is 1.65. The van der Waals surface area contributed by atoms with Crippen molar-refractivity contribution in [1.29, 1.82) is 0 Å². The number of hydrogen-bond acceptors (Lipinski definition) is 4. The number of carboxylic acid groups (broad SMARTS) is 2. The van der Waals surface area contributed by atoms with Crippen molar-refractivity contribution < 1.29 is 19.8 Å². The van der Waals surface area contributed by atoms with Crippen LogP contribution in [0.1, 0.15) is 12.8 Å². The molecule has 0 bridgehead atoms. The standard InChI is InChI=1S/C7H9NO4S/c8-5(7(11)12)2-1-4(3-13)6(9)10/h5H,1-2,8H2,(H,9,10)(H,11,12)/t5-/m1/s1. The van der Waals surface area contributed by atoms with Crippen molar-refractivity contribution in [1.82, 2.24) is 0 Å². The Bertz CT molecular complexity index is 270. The summed E-state index contributed by atoms with van der Waals surface area (Å²) in [4.78, 5) is 20.6. The van der Waals surface area contributed by atoms with E-state index >= 15 is 0 Å². The highest BCUT2D eigenvalue weighted by molar-refractivity contribution is 7.78. The van der Waals surface area contributed by atoms with Gasteiger partial charge in [0.2, 0.25) is 0 Å². The molecule has 0 heterocycles. The first-order valence-electron chi connectivity index (χ1n) is 3.44. The van der Waals surface area contributed by atoms with E-state index in [2.05, 4.69) is 12.2 Å². The lowest BCUT2D eigenvalue weighted by Gasteiger charge is -2.04. The van der Waals surface area contributed by atoms with Crippen LogP contribution in [0.5, 0.6) is 0 Å². The Labute approximate surface area is 79.8 Å². The predicted octanol–water partition coefficient (Wildman–Crippen LogP) is -0.212. The van der Waals surface area contributed by atoms with Crippen LogP contribution >= 0.6 is 12.2 Å². The number of carbonyl (C=O) groups is 2. The molecule has 0 unspecified atom stereocenters. The molecule has 0 aliphatic rings. The van der Waals surface area contributed by atoms with E-state index in [1.807, 2.05) is 5.02 Å². The lowest BCUT2D eigenvalue weighted by Crippen LogP contribution is -2.30. The summed E-state index contributed by atoms with van der Waals surface area (Å²) in [5.41, 5.74) is 5.03. The fourth-order valence-electron chi connectivity index (χ4n) is 0.625. The molecule has 0 aliphatic heterocycles. The highest BCUT2D eigenvalue weighted by Gasteiger charge is 2.14. The molecule has 0 spiro atoms. The predicted molar refractivity (Wildman–Crippen MR) is 48.6 cm³/mol. The fourth-order valence-corrected chi connectivity index (χ4v) is 0.814. The Kier molecular flexibility index (Phi) is 4.91. The second-order valence-corrected chi connectivity index (χ2v) is 2.57. The van der Waals surface area contributed by atoms with Gasteiger partial charge < -0.3 is 15.9 Å². The minimum atomic E-state index is -1.19. The molecule has 13 heavy (non-hydrogen) atoms. The largest absolute Gasteiger partial charge is 0.480 e. The molecule has 0 fully saturated rings. The molecule has 0 saturated carbocycles. The first-order chi connectivity index (χ1) is 5.99. The summed E-state index contributed by atoms with van der Waals surface area (Å²) in [6, 6.07) is -1.06. The third kappa shape index (κ3) is 4.37. The highest BCUT2D eigenvalue weighted by atomic mass is 32.1. The molecule has 4 N–H and O–H groups in total. The minimum absolute atomic E-state index is 0.0201. The quantitative estimate of drug-likeness (QED) is 0.422. The molecule has 0 aromatic carbocycles. The van der Waals surface area contributed by atoms with E-state index in [0.717, 1.165) is 0 Å². The lowest BCUT2D eigenvalue weighted by atomic mass is 10.1. The van der Waals surface area contributed by atoms with Crippen LogP contribution in [0.15, 0.2) is 5.57 Å². The van der Waals surface area contributed by atoms with Gasteiger partial charge in [-0.3, -0.25) is 4.79 Å². The first kappa shape index (κ1) is 11.8. The SMILES string of the molecule is N[C@H](CCC(=C=S)C(=O)O)C(=O)O. The van der Waals surface area contributed by atoms with Gasteiger partial charge in [0.15, 0.2) is 0 Å². The van der Waals surface area contributed by atoms with E-state index in [1.165, 1.54) is 0 Å². The zero-order chi connectivity index (χ0) is 10.4. The van der Waals surface area contributed by atoms with Gasteiger partial charge in [0.25, 0.3) is 0 Å². The summed E-state index contributed by atoms with van der Waals surface area (Å²) in [6.07, 6.45) is 0.0624. The number of hydrogen-bond donors (Lipinski definition) is 3. The normalized spacial score (nSPS) is 11.5. The van der Waals surface area contributed by atoms with Crippen LogP contribution in [-0.4, -0.2) is 33.2 Å². The molecular formula is C7H9NO4S. The maximum Gasteiger partial charge on any atom is 0.340 e. The van der Waals surface area contributed by atoms with Gasteiger partial charge in [-0.15, -0.1) is 0 Å². The van der Waals surface area contributed by atoms with Crippen LogP contribution in [0.25, 0.3) is 0 Å². The summed E-state index contributed by atoms with van der Waals surface area (Å²) in [5, 5.41) is 18.9. The van der Waals surface area contributed by atoms with Crippen LogP contribution in [0.4, 0.5) is 0 Å². The van der Waals surface area contributed by atoms with Gasteiger partial charge in [0.05, 0.1) is 5.57 Å². The molecule has 0 aliphatic carbocycles. The maximum atomic E-state index is 10.4. The average molecular weight is 203 g/mol. The maximum absolute atomic E-state index is 10.4. The fraction of sp³-hybridized carbons (Fsp3) is 0.429. The topological polar surface area (TPSA) is 101 Å². The summed E-state index contributed by atoms with van der Waals surface area (Å²) >= 11 is 4.31. The molecule has 1 atom stereocenters. The van der Waals surface area contributed by atoms with Gasteiger partial charge in [-0.1, -0.05) is 0 Å². The number of aliphatic carboxylic acids is 2. The Morgan fingerprint density at radius 3 is 2.31 bits per heavy atom. The van der Waals surface area contributed by atoms with Crippen LogP contribution in [0.3, 0.4) is 0 Å². The second-order valence-electron chi connectivity index (χ2n) is 2.37. The summed E-state index contributed by atoms with van der Waals surface area (Å²) in [7, 11) is 0. The number of nitrogens with two attached hydrogens (primary N) is 1. The van der Waals surface area contributed by atoms with Crippen molar-refractivity contribution in [3.05, 3.63) is 5.57 Å². The summed E-state index contributed by atoms with van der Waals surface area (Å²) in [5.74, 6) is -2.35. The molecule has 0 saturated heterocycles. The Morgan fingerprint density at radius 2 is 2.00 bits per heavy atom. The van der Waals surface area contributed by atoms with Gasteiger partial charge >= 0.3 is 11.9 Å². The smallest absolute Gasteiger partial charge is 0.340 e. The molecule has 5 nitrogen and oxygen atoms in total. The van der Waals surface area contributed by atoms with E-state index in [9.17, 15) is 9.59 Å². The lowest BCUT2D eigenvalue weighted by molar-refractivity contribution is -0.139. The zero-order valence-corrected chi connectivity index (χ0v) is 7.50. The Balaban J connectivity index is 4.09. The van der Waals surface area contributed by atoms with Gasteiger partial charge in [-0.05, 0) is 30.1 Å². The van der Waals surface area contributed by atoms with Crippen molar-refractivity contribution in [2.75, 3.05) is 0 Å². The summed E-state index contributed by atoms with van der Waals surface area (Å²) < 4.78 is 0. The number of rotatable bonds is 5. The third-order valence-electron chi connectivity index (χ3n) is 1.40. The van der Waals surface area contributed by atoms with E-state index in [-0.39, 0.29) is 18.4 Å². The molecule has 0 aromatic rings. The minimum Gasteiger partial charge on any atom is -0.480 e. The monoisotopic (exact) mass is 203 g/mol. The average Bonchev–Trinajstić information content (AvgIpc) is 2.04. The Morgan fingerprint density at radius 1 is 1.46 bits per heavy atom. The van der Waals surface area contributed by atoms with E-state index < -0.39 is 18.0 Å². The van der Waals surface area contributed by atoms with Gasteiger partial charge in [-0.2, -0.15) is 0 Å². The van der Waals surface area contributed by atoms with Crippen molar-refractivity contribution in [2.45, 2.75) is 18.9 Å². The molecular weight excluding hydrogens is 194 g/mol. The van der Waals surface area contributed by atoms with Crippen molar-refractivity contribution >= 4 is 29.2 Å².